The minimum absolute atomic E-state index is 0.0973. The largest absolute Gasteiger partial charge is 0.395 e. The highest BCUT2D eigenvalue weighted by Crippen LogP contribution is 2.15. The lowest BCUT2D eigenvalue weighted by molar-refractivity contribution is 0.305. The number of benzene rings is 1. The molecule has 0 aliphatic rings. The standard InChI is InChI=1S/C14H18FNO3S/c1-3-11(2)16-20(18,19)13-8-7-12(14(15)10-13)6-4-5-9-17/h7-8,10-11,16-17H,3,5,9H2,1-2H3. The Morgan fingerprint density at radius 2 is 2.15 bits per heavy atom. The van der Waals surface area contributed by atoms with Crippen LogP contribution in [0.2, 0.25) is 0 Å². The third-order valence-electron chi connectivity index (χ3n) is 2.68. The summed E-state index contributed by atoms with van der Waals surface area (Å²) in [5.74, 6) is 4.44. The lowest BCUT2D eigenvalue weighted by Gasteiger charge is -2.12. The summed E-state index contributed by atoms with van der Waals surface area (Å²) >= 11 is 0. The molecular formula is C14H18FNO3S. The van der Waals surface area contributed by atoms with E-state index in [4.69, 9.17) is 5.11 Å². The Bertz CT molecular complexity index is 617. The smallest absolute Gasteiger partial charge is 0.240 e. The van der Waals surface area contributed by atoms with Gasteiger partial charge in [-0.2, -0.15) is 0 Å². The average molecular weight is 299 g/mol. The van der Waals surface area contributed by atoms with Crippen LogP contribution in [0, 0.1) is 17.7 Å². The van der Waals surface area contributed by atoms with E-state index in [-0.39, 0.29) is 29.5 Å². The molecule has 0 amide bonds. The summed E-state index contributed by atoms with van der Waals surface area (Å²) in [6.07, 6.45) is 0.890. The van der Waals surface area contributed by atoms with Crippen LogP contribution in [0.25, 0.3) is 0 Å². The maximum Gasteiger partial charge on any atom is 0.240 e. The van der Waals surface area contributed by atoms with Crippen molar-refractivity contribution >= 4 is 10.0 Å². The van der Waals surface area contributed by atoms with Crippen LogP contribution < -0.4 is 4.72 Å². The third-order valence-corrected chi connectivity index (χ3v) is 4.27. The minimum atomic E-state index is -3.71. The number of aliphatic hydroxyl groups is 1. The summed E-state index contributed by atoms with van der Waals surface area (Å²) in [6.45, 7) is 3.50. The van der Waals surface area contributed by atoms with Crippen molar-refractivity contribution in [2.75, 3.05) is 6.61 Å². The second-order valence-corrected chi connectivity index (χ2v) is 6.06. The molecule has 0 heterocycles. The summed E-state index contributed by atoms with van der Waals surface area (Å²) in [4.78, 5) is -0.122. The molecule has 4 nitrogen and oxygen atoms in total. The zero-order valence-electron chi connectivity index (χ0n) is 11.5. The Balaban J connectivity index is 3.01. The molecule has 110 valence electrons. The van der Waals surface area contributed by atoms with Crippen LogP contribution in [0.4, 0.5) is 4.39 Å². The van der Waals surface area contributed by atoms with Gasteiger partial charge >= 0.3 is 0 Å². The van der Waals surface area contributed by atoms with E-state index in [9.17, 15) is 12.8 Å². The fraction of sp³-hybridized carbons (Fsp3) is 0.429. The molecule has 1 unspecified atom stereocenters. The van der Waals surface area contributed by atoms with Crippen molar-refractivity contribution in [3.05, 3.63) is 29.6 Å². The zero-order valence-corrected chi connectivity index (χ0v) is 12.3. The maximum absolute atomic E-state index is 13.8. The van der Waals surface area contributed by atoms with Crippen LogP contribution in [0.1, 0.15) is 32.3 Å². The normalized spacial score (nSPS) is 12.6. The van der Waals surface area contributed by atoms with Crippen LogP contribution >= 0.6 is 0 Å². The number of sulfonamides is 1. The molecular weight excluding hydrogens is 281 g/mol. The van der Waals surface area contributed by atoms with Gasteiger partial charge in [-0.05, 0) is 31.5 Å². The summed E-state index contributed by atoms with van der Waals surface area (Å²) in [5, 5.41) is 8.59. The molecule has 0 aliphatic carbocycles. The number of rotatable bonds is 5. The first kappa shape index (κ1) is 16.6. The number of hydrogen-bond donors (Lipinski definition) is 2. The van der Waals surface area contributed by atoms with Crippen molar-refractivity contribution < 1.29 is 17.9 Å². The first-order valence-corrected chi connectivity index (χ1v) is 7.80. The van der Waals surface area contributed by atoms with Gasteiger partial charge in [0.1, 0.15) is 5.82 Å². The molecule has 0 aliphatic heterocycles. The van der Waals surface area contributed by atoms with Crippen molar-refractivity contribution in [2.45, 2.75) is 37.6 Å². The fourth-order valence-electron chi connectivity index (χ4n) is 1.39. The molecule has 0 spiro atoms. The van der Waals surface area contributed by atoms with Crippen LogP contribution in [-0.2, 0) is 10.0 Å². The van der Waals surface area contributed by atoms with Crippen molar-refractivity contribution in [1.29, 1.82) is 0 Å². The molecule has 1 atom stereocenters. The molecule has 0 saturated carbocycles. The van der Waals surface area contributed by atoms with Gasteiger partial charge in [-0.1, -0.05) is 18.8 Å². The molecule has 0 fully saturated rings. The van der Waals surface area contributed by atoms with Crippen molar-refractivity contribution in [2.24, 2.45) is 0 Å². The van der Waals surface area contributed by atoms with Crippen molar-refractivity contribution in [1.82, 2.24) is 4.72 Å². The van der Waals surface area contributed by atoms with Crippen LogP contribution in [0.5, 0.6) is 0 Å². The van der Waals surface area contributed by atoms with E-state index in [0.29, 0.717) is 6.42 Å². The second kappa shape index (κ2) is 7.39. The molecule has 0 bridgehead atoms. The molecule has 2 N–H and O–H groups in total. The van der Waals surface area contributed by atoms with E-state index >= 15 is 0 Å². The molecule has 20 heavy (non-hydrogen) atoms. The topological polar surface area (TPSA) is 66.4 Å². The number of hydrogen-bond acceptors (Lipinski definition) is 3. The predicted molar refractivity (Wildman–Crippen MR) is 75.1 cm³/mol. The summed E-state index contributed by atoms with van der Waals surface area (Å²) < 4.78 is 40.2. The highest BCUT2D eigenvalue weighted by Gasteiger charge is 2.17. The average Bonchev–Trinajstić information content (AvgIpc) is 2.40. The first-order valence-electron chi connectivity index (χ1n) is 6.32. The van der Waals surface area contributed by atoms with E-state index in [1.807, 2.05) is 6.92 Å². The Labute approximate surface area is 119 Å². The maximum atomic E-state index is 13.8. The fourth-order valence-corrected chi connectivity index (χ4v) is 2.73. The van der Waals surface area contributed by atoms with Gasteiger partial charge in [0, 0.05) is 12.5 Å². The first-order chi connectivity index (χ1) is 9.40. The summed E-state index contributed by atoms with van der Waals surface area (Å²) in [5.41, 5.74) is 0.112. The van der Waals surface area contributed by atoms with Crippen LogP contribution in [0.15, 0.2) is 23.1 Å². The van der Waals surface area contributed by atoms with Gasteiger partial charge in [-0.15, -0.1) is 0 Å². The lowest BCUT2D eigenvalue weighted by atomic mass is 10.2. The van der Waals surface area contributed by atoms with Gasteiger partial charge in [0.05, 0.1) is 17.1 Å². The molecule has 1 rings (SSSR count). The van der Waals surface area contributed by atoms with Gasteiger partial charge in [-0.3, -0.25) is 0 Å². The Morgan fingerprint density at radius 1 is 1.45 bits per heavy atom. The molecule has 6 heteroatoms. The van der Waals surface area contributed by atoms with Gasteiger partial charge in [-0.25, -0.2) is 17.5 Å². The van der Waals surface area contributed by atoms with Gasteiger partial charge < -0.3 is 5.11 Å². The minimum Gasteiger partial charge on any atom is -0.395 e. The third kappa shape index (κ3) is 4.60. The summed E-state index contributed by atoms with van der Waals surface area (Å²) in [7, 11) is -3.71. The molecule has 1 aromatic carbocycles. The van der Waals surface area contributed by atoms with E-state index in [1.54, 1.807) is 6.92 Å². The number of nitrogens with one attached hydrogen (secondary N) is 1. The predicted octanol–water partition coefficient (Wildman–Crippen LogP) is 1.64. The van der Waals surface area contributed by atoms with Gasteiger partial charge in [0.2, 0.25) is 10.0 Å². The molecule has 0 radical (unpaired) electrons. The molecule has 1 aromatic rings. The quantitative estimate of drug-likeness (QED) is 0.812. The van der Waals surface area contributed by atoms with Crippen LogP contribution in [0.3, 0.4) is 0 Å². The summed E-state index contributed by atoms with van der Waals surface area (Å²) in [6, 6.07) is 3.38. The monoisotopic (exact) mass is 299 g/mol. The Kier molecular flexibility index (Phi) is 6.14. The van der Waals surface area contributed by atoms with Crippen molar-refractivity contribution in [3.63, 3.8) is 0 Å². The zero-order chi connectivity index (χ0) is 15.2. The second-order valence-electron chi connectivity index (χ2n) is 4.35. The number of halogens is 1. The highest BCUT2D eigenvalue weighted by molar-refractivity contribution is 7.89. The van der Waals surface area contributed by atoms with Gasteiger partial charge in [0.15, 0.2) is 0 Å². The molecule has 0 saturated heterocycles. The van der Waals surface area contributed by atoms with E-state index in [0.717, 1.165) is 6.07 Å². The van der Waals surface area contributed by atoms with E-state index in [1.165, 1.54) is 12.1 Å². The Hall–Kier alpha value is -1.42. The SMILES string of the molecule is CCC(C)NS(=O)(=O)c1ccc(C#CCCO)c(F)c1. The van der Waals surface area contributed by atoms with E-state index in [2.05, 4.69) is 16.6 Å². The van der Waals surface area contributed by atoms with Gasteiger partial charge in [0.25, 0.3) is 0 Å². The molecule has 0 aromatic heterocycles. The Morgan fingerprint density at radius 3 is 2.70 bits per heavy atom. The van der Waals surface area contributed by atoms with E-state index < -0.39 is 15.8 Å². The van der Waals surface area contributed by atoms with Crippen molar-refractivity contribution in [3.8, 4) is 11.8 Å². The lowest BCUT2D eigenvalue weighted by Crippen LogP contribution is -2.32. The number of aliphatic hydroxyl groups excluding tert-OH is 1. The van der Waals surface area contributed by atoms with Crippen LogP contribution in [-0.4, -0.2) is 26.2 Å². The highest BCUT2D eigenvalue weighted by atomic mass is 32.2.